The molecule has 2 aliphatic rings. The van der Waals surface area contributed by atoms with E-state index in [0.29, 0.717) is 0 Å². The van der Waals surface area contributed by atoms with E-state index in [4.69, 9.17) is 18.9 Å². The van der Waals surface area contributed by atoms with Gasteiger partial charge in [-0.05, 0) is 76.6 Å². The maximum Gasteiger partial charge on any atom is 0.408 e. The maximum atomic E-state index is 14.0. The third-order valence-corrected chi connectivity index (χ3v) is 10.1. The number of esters is 3. The summed E-state index contributed by atoms with van der Waals surface area (Å²) < 4.78 is 20.9. The van der Waals surface area contributed by atoms with Gasteiger partial charge in [0.2, 0.25) is 11.8 Å². The van der Waals surface area contributed by atoms with E-state index in [1.807, 2.05) is 20.8 Å². The van der Waals surface area contributed by atoms with E-state index in [9.17, 15) is 38.4 Å². The van der Waals surface area contributed by atoms with Crippen LogP contribution in [0.3, 0.4) is 0 Å². The number of carbonyl (C=O) groups is 8. The number of ether oxygens (including phenoxy) is 4. The number of likely N-dealkylation sites (tertiary alicyclic amines) is 2. The summed E-state index contributed by atoms with van der Waals surface area (Å²) in [6.07, 6.45) is -0.860. The summed E-state index contributed by atoms with van der Waals surface area (Å²) in [6.45, 7) is 21.0. The molecule has 17 heteroatoms. The standard InChI is InChI=1S/C43H65N5O12/c1-40(2,3)28(21-31(49)59-42(7,8)9)35(52)47-22-26(19-29(47)37(54)57-13)44-33(50)24-15-17-25(18-16-24)34(51)45-27-20-30(38(55)58-14)48(23-27)36(53)32(41(4,5)6)46-39(56)60-43(10,11)12/h15-18,26-30,32H,19-23H2,1-14H3,(H,44,50)(H,45,51)(H,46,56)/t26-,27-,28+,29-,30-,32+/m0/s1. The lowest BCUT2D eigenvalue weighted by atomic mass is 9.77. The first-order chi connectivity index (χ1) is 27.4. The molecule has 0 aliphatic carbocycles. The predicted molar refractivity (Wildman–Crippen MR) is 219 cm³/mol. The molecule has 0 spiro atoms. The van der Waals surface area contributed by atoms with E-state index < -0.39 is 106 Å². The number of alkyl carbamates (subject to hydrolysis) is 1. The van der Waals surface area contributed by atoms with Gasteiger partial charge in [0.25, 0.3) is 11.8 Å². The number of methoxy groups -OCH3 is 2. The van der Waals surface area contributed by atoms with Gasteiger partial charge < -0.3 is 44.7 Å². The molecule has 0 saturated carbocycles. The molecular formula is C43H65N5O12. The molecule has 2 aliphatic heterocycles. The monoisotopic (exact) mass is 843 g/mol. The third-order valence-electron chi connectivity index (χ3n) is 10.1. The molecular weight excluding hydrogens is 778 g/mol. The van der Waals surface area contributed by atoms with Gasteiger partial charge in [0.1, 0.15) is 29.3 Å². The zero-order valence-electron chi connectivity index (χ0n) is 37.6. The lowest BCUT2D eigenvalue weighted by Gasteiger charge is -2.35. The summed E-state index contributed by atoms with van der Waals surface area (Å²) in [5.41, 5.74) is -2.60. The minimum Gasteiger partial charge on any atom is -0.467 e. The van der Waals surface area contributed by atoms with Crippen molar-refractivity contribution in [3.63, 3.8) is 0 Å². The van der Waals surface area contributed by atoms with Crippen LogP contribution in [0.4, 0.5) is 4.79 Å². The van der Waals surface area contributed by atoms with Crippen LogP contribution in [0, 0.1) is 16.7 Å². The maximum absolute atomic E-state index is 14.0. The highest BCUT2D eigenvalue weighted by atomic mass is 16.6. The minimum absolute atomic E-state index is 0.00717. The van der Waals surface area contributed by atoms with Crippen molar-refractivity contribution >= 4 is 47.6 Å². The molecule has 2 fully saturated rings. The molecule has 0 bridgehead atoms. The van der Waals surface area contributed by atoms with Crippen molar-refractivity contribution in [2.45, 2.75) is 144 Å². The quantitative estimate of drug-likeness (QED) is 0.215. The molecule has 1 aromatic rings. The summed E-state index contributed by atoms with van der Waals surface area (Å²) in [4.78, 5) is 109. The van der Waals surface area contributed by atoms with E-state index in [0.717, 1.165) is 0 Å². The zero-order chi connectivity index (χ0) is 45.7. The second-order valence-electron chi connectivity index (χ2n) is 19.6. The molecule has 0 unspecified atom stereocenters. The highest BCUT2D eigenvalue weighted by molar-refractivity contribution is 5.98. The molecule has 60 heavy (non-hydrogen) atoms. The molecule has 17 nitrogen and oxygen atoms in total. The van der Waals surface area contributed by atoms with Crippen molar-refractivity contribution in [1.82, 2.24) is 25.8 Å². The second-order valence-corrected chi connectivity index (χ2v) is 19.6. The Morgan fingerprint density at radius 3 is 1.37 bits per heavy atom. The van der Waals surface area contributed by atoms with E-state index in [1.54, 1.807) is 62.3 Å². The van der Waals surface area contributed by atoms with Gasteiger partial charge in [-0.3, -0.25) is 24.0 Å². The van der Waals surface area contributed by atoms with Crippen molar-refractivity contribution in [3.05, 3.63) is 35.4 Å². The van der Waals surface area contributed by atoms with Gasteiger partial charge >= 0.3 is 24.0 Å². The molecule has 0 radical (unpaired) electrons. The Hall–Kier alpha value is -5.22. The Morgan fingerprint density at radius 2 is 1.02 bits per heavy atom. The van der Waals surface area contributed by atoms with Gasteiger partial charge in [-0.1, -0.05) is 41.5 Å². The summed E-state index contributed by atoms with van der Waals surface area (Å²) in [5, 5.41) is 8.38. The first-order valence-electron chi connectivity index (χ1n) is 20.2. The fourth-order valence-corrected chi connectivity index (χ4v) is 7.15. The molecule has 3 rings (SSSR count). The van der Waals surface area contributed by atoms with E-state index >= 15 is 0 Å². The number of nitrogens with zero attached hydrogens (tertiary/aromatic N) is 2. The first-order valence-corrected chi connectivity index (χ1v) is 20.2. The summed E-state index contributed by atoms with van der Waals surface area (Å²) >= 11 is 0. The van der Waals surface area contributed by atoms with Crippen LogP contribution in [0.1, 0.15) is 123 Å². The van der Waals surface area contributed by atoms with Crippen LogP contribution in [0.25, 0.3) is 0 Å². The van der Waals surface area contributed by atoms with Crippen LogP contribution in [-0.4, -0.2) is 126 Å². The van der Waals surface area contributed by atoms with E-state index in [-0.39, 0.29) is 43.5 Å². The number of nitrogens with one attached hydrogen (secondary N) is 3. The van der Waals surface area contributed by atoms with Gasteiger partial charge in [0, 0.05) is 49.1 Å². The number of hydrogen-bond donors (Lipinski definition) is 3. The fraction of sp³-hybridized carbons (Fsp3) is 0.674. The van der Waals surface area contributed by atoms with E-state index in [2.05, 4.69) is 16.0 Å². The fourth-order valence-electron chi connectivity index (χ4n) is 7.15. The Bertz CT molecular complexity index is 1660. The van der Waals surface area contributed by atoms with Crippen LogP contribution in [-0.2, 0) is 42.9 Å². The molecule has 2 saturated heterocycles. The highest BCUT2D eigenvalue weighted by Crippen LogP contribution is 2.34. The van der Waals surface area contributed by atoms with Crippen LogP contribution < -0.4 is 16.0 Å². The summed E-state index contributed by atoms with van der Waals surface area (Å²) in [5.74, 6) is -4.71. The highest BCUT2D eigenvalue weighted by Gasteiger charge is 2.48. The van der Waals surface area contributed by atoms with Crippen molar-refractivity contribution in [3.8, 4) is 0 Å². The molecule has 6 atom stereocenters. The average molecular weight is 844 g/mol. The van der Waals surface area contributed by atoms with Crippen LogP contribution >= 0.6 is 0 Å². The van der Waals surface area contributed by atoms with Crippen molar-refractivity contribution in [2.24, 2.45) is 16.7 Å². The van der Waals surface area contributed by atoms with Crippen molar-refractivity contribution in [2.75, 3.05) is 27.3 Å². The zero-order valence-corrected chi connectivity index (χ0v) is 37.6. The molecule has 2 heterocycles. The topological polar surface area (TPSA) is 216 Å². The van der Waals surface area contributed by atoms with Crippen molar-refractivity contribution in [1.29, 1.82) is 0 Å². The molecule has 3 N–H and O–H groups in total. The number of hydrogen-bond acceptors (Lipinski definition) is 12. The van der Waals surface area contributed by atoms with E-state index in [1.165, 1.54) is 48.3 Å². The Morgan fingerprint density at radius 1 is 0.617 bits per heavy atom. The van der Waals surface area contributed by atoms with Crippen LogP contribution in [0.5, 0.6) is 0 Å². The molecule has 0 aromatic heterocycles. The summed E-state index contributed by atoms with van der Waals surface area (Å²) in [7, 11) is 2.41. The summed E-state index contributed by atoms with van der Waals surface area (Å²) in [6, 6.07) is 1.41. The average Bonchev–Trinajstić information content (AvgIpc) is 3.74. The van der Waals surface area contributed by atoms with Gasteiger partial charge in [0.15, 0.2) is 0 Å². The van der Waals surface area contributed by atoms with Crippen LogP contribution in [0.15, 0.2) is 24.3 Å². The minimum atomic E-state index is -1.07. The van der Waals surface area contributed by atoms with Gasteiger partial charge in [0.05, 0.1) is 26.6 Å². The predicted octanol–water partition coefficient (Wildman–Crippen LogP) is 3.76. The number of carbonyl (C=O) groups excluding carboxylic acids is 8. The SMILES string of the molecule is COC(=O)[C@@H]1C[C@H](NC(=O)c2ccc(C(=O)N[C@H]3C[C@@H](C(=O)OC)N(C(=O)[C@@H](NC(=O)OC(C)(C)C)C(C)(C)C)C3)cc2)CN1C(=O)[C@@H](CC(=O)OC(C)(C)C)C(C)(C)C. The normalized spacial score (nSPS) is 20.6. The Kier molecular flexibility index (Phi) is 15.6. The Balaban J connectivity index is 1.72. The first kappa shape index (κ1) is 49.1. The number of benzene rings is 1. The van der Waals surface area contributed by atoms with Gasteiger partial charge in [-0.25, -0.2) is 14.4 Å². The molecule has 334 valence electrons. The van der Waals surface area contributed by atoms with Gasteiger partial charge in [-0.15, -0.1) is 0 Å². The lowest BCUT2D eigenvalue weighted by Crippen LogP contribution is -2.57. The lowest BCUT2D eigenvalue weighted by molar-refractivity contribution is -0.162. The Labute approximate surface area is 353 Å². The second kappa shape index (κ2) is 19.0. The molecule has 5 amide bonds. The third kappa shape index (κ3) is 13.4. The number of amides is 5. The largest absolute Gasteiger partial charge is 0.467 e. The van der Waals surface area contributed by atoms with Gasteiger partial charge in [-0.2, -0.15) is 0 Å². The smallest absolute Gasteiger partial charge is 0.408 e. The van der Waals surface area contributed by atoms with Crippen LogP contribution in [0.2, 0.25) is 0 Å². The number of rotatable bonds is 11. The molecule has 1 aromatic carbocycles. The van der Waals surface area contributed by atoms with Crippen molar-refractivity contribution < 1.29 is 57.3 Å².